The first-order valence-corrected chi connectivity index (χ1v) is 14.1. The molecule has 16 heteroatoms. The monoisotopic (exact) mass is 649 g/mol. The summed E-state index contributed by atoms with van der Waals surface area (Å²) in [6.07, 6.45) is -4.82. The number of hydrogen-bond acceptors (Lipinski definition) is 10. The van der Waals surface area contributed by atoms with Crippen molar-refractivity contribution in [2.75, 3.05) is 0 Å². The summed E-state index contributed by atoms with van der Waals surface area (Å²) in [6.45, 7) is 2.54. The number of aliphatic hydroxyl groups is 2. The fraction of sp³-hybridized carbons (Fsp3) is 0.367. The van der Waals surface area contributed by atoms with Gasteiger partial charge in [0.1, 0.15) is 30.2 Å². The van der Waals surface area contributed by atoms with Gasteiger partial charge in [0, 0.05) is 24.1 Å². The molecule has 1 aliphatic heterocycles. The van der Waals surface area contributed by atoms with E-state index in [1.165, 1.54) is 26.1 Å². The zero-order valence-electron chi connectivity index (χ0n) is 24.5. The van der Waals surface area contributed by atoms with Gasteiger partial charge in [0.2, 0.25) is 17.7 Å². The Labute approximate surface area is 259 Å². The van der Waals surface area contributed by atoms with Gasteiger partial charge in [-0.15, -0.1) is 0 Å². The minimum Gasteiger partial charge on any atom is -0.505 e. The van der Waals surface area contributed by atoms with Crippen LogP contribution in [0.5, 0.6) is 5.75 Å². The van der Waals surface area contributed by atoms with E-state index >= 15 is 0 Å². The van der Waals surface area contributed by atoms with Gasteiger partial charge in [-0.2, -0.15) is 18.2 Å². The first kappa shape index (κ1) is 34.2. The summed E-state index contributed by atoms with van der Waals surface area (Å²) in [6, 6.07) is 6.31. The highest BCUT2D eigenvalue weighted by Crippen LogP contribution is 2.23. The molecule has 1 aliphatic rings. The van der Waals surface area contributed by atoms with Crippen molar-refractivity contribution in [1.82, 2.24) is 25.9 Å². The molecule has 2 amide bonds. The van der Waals surface area contributed by atoms with Gasteiger partial charge < -0.3 is 30.7 Å². The lowest BCUT2D eigenvalue weighted by atomic mass is 9.90. The Bertz CT molecular complexity index is 1580. The summed E-state index contributed by atoms with van der Waals surface area (Å²) >= 11 is 0. The fourth-order valence-electron chi connectivity index (χ4n) is 4.92. The average Bonchev–Trinajstić information content (AvgIpc) is 3.02. The zero-order valence-corrected chi connectivity index (χ0v) is 24.5. The van der Waals surface area contributed by atoms with Crippen molar-refractivity contribution < 1.29 is 52.0 Å². The molecule has 7 atom stereocenters. The van der Waals surface area contributed by atoms with Gasteiger partial charge in [-0.3, -0.25) is 19.7 Å². The molecule has 0 radical (unpaired) electrons. The SMILES string of the molecule is CC1OC(=O)C(Cc2ccccc2)NC(O)C(C)C(O)C(Cc2c(F)nc(F)c(F)c2F)NC(=O)C1NC(=O)c1ncccc1O. The Kier molecular flexibility index (Phi) is 10.9. The lowest BCUT2D eigenvalue weighted by Crippen LogP contribution is -2.61. The van der Waals surface area contributed by atoms with Crippen LogP contribution in [-0.2, 0) is 27.2 Å². The first-order valence-electron chi connectivity index (χ1n) is 14.1. The highest BCUT2D eigenvalue weighted by Gasteiger charge is 2.40. The van der Waals surface area contributed by atoms with Gasteiger partial charge in [0.15, 0.2) is 11.5 Å². The van der Waals surface area contributed by atoms with Gasteiger partial charge in [-0.05, 0) is 31.0 Å². The van der Waals surface area contributed by atoms with Gasteiger partial charge in [0.05, 0.1) is 12.1 Å². The summed E-state index contributed by atoms with van der Waals surface area (Å²) in [5.41, 5.74) is -0.973. The number of rotatable bonds is 6. The summed E-state index contributed by atoms with van der Waals surface area (Å²) in [5.74, 6) is -12.8. The summed E-state index contributed by atoms with van der Waals surface area (Å²) in [4.78, 5) is 46.6. The van der Waals surface area contributed by atoms with E-state index in [4.69, 9.17) is 4.74 Å². The lowest BCUT2D eigenvalue weighted by Gasteiger charge is -2.36. The minimum absolute atomic E-state index is 0.0301. The molecule has 1 aromatic carbocycles. The highest BCUT2D eigenvalue weighted by atomic mass is 19.2. The number of ether oxygens (including phenoxy) is 1. The summed E-state index contributed by atoms with van der Waals surface area (Å²) in [7, 11) is 0. The topological polar surface area (TPSA) is 183 Å². The molecule has 6 N–H and O–H groups in total. The maximum absolute atomic E-state index is 14.7. The molecule has 2 aromatic heterocycles. The second-order valence-corrected chi connectivity index (χ2v) is 10.8. The number of pyridine rings is 2. The maximum atomic E-state index is 14.7. The van der Waals surface area contributed by atoms with Crippen LogP contribution in [0.2, 0.25) is 0 Å². The number of benzene rings is 1. The van der Waals surface area contributed by atoms with Crippen LogP contribution in [0, 0.1) is 29.4 Å². The van der Waals surface area contributed by atoms with Crippen LogP contribution >= 0.6 is 0 Å². The predicted molar refractivity (Wildman–Crippen MR) is 151 cm³/mol. The Balaban J connectivity index is 1.74. The summed E-state index contributed by atoms with van der Waals surface area (Å²) < 4.78 is 62.3. The Morgan fingerprint density at radius 1 is 0.978 bits per heavy atom. The van der Waals surface area contributed by atoms with E-state index in [1.807, 2.05) is 0 Å². The number of cyclic esters (lactones) is 1. The van der Waals surface area contributed by atoms with E-state index in [9.17, 15) is 47.3 Å². The molecule has 7 unspecified atom stereocenters. The van der Waals surface area contributed by atoms with Crippen molar-refractivity contribution in [1.29, 1.82) is 0 Å². The third-order valence-electron chi connectivity index (χ3n) is 7.57. The fourth-order valence-corrected chi connectivity index (χ4v) is 4.92. The Morgan fingerprint density at radius 2 is 1.67 bits per heavy atom. The van der Waals surface area contributed by atoms with Crippen LogP contribution in [0.25, 0.3) is 0 Å². The molecule has 12 nitrogen and oxygen atoms in total. The molecule has 0 saturated carbocycles. The molecule has 3 heterocycles. The number of nitrogens with one attached hydrogen (secondary N) is 3. The molecule has 3 aromatic rings. The molecular formula is C30H31F4N5O7. The molecule has 46 heavy (non-hydrogen) atoms. The average molecular weight is 650 g/mol. The van der Waals surface area contributed by atoms with E-state index in [0.29, 0.717) is 5.56 Å². The maximum Gasteiger partial charge on any atom is 0.323 e. The van der Waals surface area contributed by atoms with Gasteiger partial charge >= 0.3 is 5.97 Å². The first-order chi connectivity index (χ1) is 21.8. The number of nitrogens with zero attached hydrogens (tertiary/aromatic N) is 2. The number of aliphatic hydroxyl groups excluding tert-OH is 2. The van der Waals surface area contributed by atoms with Crippen LogP contribution in [0.3, 0.4) is 0 Å². The van der Waals surface area contributed by atoms with Crippen LogP contribution in [0.1, 0.15) is 35.5 Å². The third-order valence-corrected chi connectivity index (χ3v) is 7.57. The number of carbonyl (C=O) groups is 3. The minimum atomic E-state index is -2.09. The number of aromatic nitrogens is 2. The number of halogens is 4. The zero-order chi connectivity index (χ0) is 33.7. The quantitative estimate of drug-likeness (QED) is 0.128. The molecule has 4 rings (SSSR count). The van der Waals surface area contributed by atoms with Crippen molar-refractivity contribution in [3.8, 4) is 5.75 Å². The Morgan fingerprint density at radius 3 is 2.35 bits per heavy atom. The van der Waals surface area contributed by atoms with Crippen molar-refractivity contribution in [3.63, 3.8) is 0 Å². The number of carbonyl (C=O) groups excluding carboxylic acids is 3. The van der Waals surface area contributed by atoms with Gasteiger partial charge in [-0.1, -0.05) is 37.3 Å². The van der Waals surface area contributed by atoms with E-state index in [1.54, 1.807) is 30.3 Å². The predicted octanol–water partition coefficient (Wildman–Crippen LogP) is 1.03. The van der Waals surface area contributed by atoms with Crippen LogP contribution in [-0.4, -0.2) is 79.6 Å². The third kappa shape index (κ3) is 7.75. The van der Waals surface area contributed by atoms with Crippen molar-refractivity contribution >= 4 is 17.8 Å². The van der Waals surface area contributed by atoms with E-state index in [-0.39, 0.29) is 6.42 Å². The smallest absolute Gasteiger partial charge is 0.323 e. The number of esters is 1. The van der Waals surface area contributed by atoms with Gasteiger partial charge in [-0.25, -0.2) is 9.37 Å². The van der Waals surface area contributed by atoms with Crippen molar-refractivity contribution in [2.45, 2.75) is 63.3 Å². The largest absolute Gasteiger partial charge is 0.505 e. The summed E-state index contributed by atoms with van der Waals surface area (Å²) in [5, 5.41) is 39.6. The lowest BCUT2D eigenvalue weighted by molar-refractivity contribution is -0.156. The number of amides is 2. The molecule has 0 spiro atoms. The molecule has 1 saturated heterocycles. The van der Waals surface area contributed by atoms with Crippen molar-refractivity contribution in [2.24, 2.45) is 5.92 Å². The van der Waals surface area contributed by atoms with Crippen LogP contribution in [0.4, 0.5) is 17.6 Å². The number of aromatic hydroxyl groups is 1. The molecule has 246 valence electrons. The van der Waals surface area contributed by atoms with Crippen molar-refractivity contribution in [3.05, 3.63) is 89.0 Å². The molecule has 0 bridgehead atoms. The van der Waals surface area contributed by atoms with Crippen LogP contribution in [0.15, 0.2) is 48.7 Å². The standard InChI is InChI=1S/C30H31F4N5O7/c1-13-24(41)17(12-16-20(31)21(32)26(34)39-25(16)33)36-28(43)22(38-29(44)23-19(40)9-6-10-35-23)14(2)46-30(45)18(37-27(13)42)11-15-7-4-3-5-8-15/h3-10,13-14,17-18,22,24,27,37,40-42H,11-12H2,1-2H3,(H,36,43)(H,38,44). The normalized spacial score (nSPS) is 25.9. The van der Waals surface area contributed by atoms with Gasteiger partial charge in [0.25, 0.3) is 11.9 Å². The number of hydrogen-bond donors (Lipinski definition) is 6. The highest BCUT2D eigenvalue weighted by molar-refractivity contribution is 5.98. The van der Waals surface area contributed by atoms with Crippen LogP contribution < -0.4 is 16.0 Å². The molecular weight excluding hydrogens is 618 g/mol. The second kappa shape index (κ2) is 14.6. The van der Waals surface area contributed by atoms with E-state index in [0.717, 1.165) is 6.07 Å². The van der Waals surface area contributed by atoms with E-state index in [2.05, 4.69) is 25.9 Å². The van der Waals surface area contributed by atoms with E-state index < -0.39 is 107 Å². The Hall–Kier alpha value is -4.67. The second-order valence-electron chi connectivity index (χ2n) is 10.8. The molecule has 0 aliphatic carbocycles. The molecule has 1 fully saturated rings.